The number of aromatic amines is 1. The topological polar surface area (TPSA) is 102 Å². The fraction of sp³-hybridized carbons (Fsp3) is 0.0909. The third-order valence-corrected chi connectivity index (χ3v) is 5.64. The van der Waals surface area contributed by atoms with Gasteiger partial charge in [-0.25, -0.2) is 0 Å². The standard InChI is InChI=1S/C22H15ClN2O4/c23-14-4-2-1-3-11(14)12-8-16-18(20-19(12)21(28)25-22(20)29)13-7-10(17(27)9-26)5-6-15(13)24-16/h1-8,17,24,26-27H,9H2,(H,25,28,29). The molecule has 0 spiro atoms. The molecule has 3 aromatic carbocycles. The summed E-state index contributed by atoms with van der Waals surface area (Å²) < 4.78 is 0. The van der Waals surface area contributed by atoms with Crippen LogP contribution in [0.25, 0.3) is 32.9 Å². The molecule has 1 aliphatic heterocycles. The van der Waals surface area contributed by atoms with Gasteiger partial charge in [-0.2, -0.15) is 0 Å². The van der Waals surface area contributed by atoms with Crippen LogP contribution in [-0.4, -0.2) is 33.6 Å². The maximum atomic E-state index is 12.7. The predicted molar refractivity (Wildman–Crippen MR) is 110 cm³/mol. The van der Waals surface area contributed by atoms with Crippen LogP contribution in [0.1, 0.15) is 32.4 Å². The highest BCUT2D eigenvalue weighted by Gasteiger charge is 2.34. The summed E-state index contributed by atoms with van der Waals surface area (Å²) in [6, 6.07) is 14.2. The molecule has 1 unspecified atom stereocenters. The van der Waals surface area contributed by atoms with E-state index < -0.39 is 24.5 Å². The molecule has 4 N–H and O–H groups in total. The lowest BCUT2D eigenvalue weighted by Crippen LogP contribution is -2.20. The van der Waals surface area contributed by atoms with E-state index in [0.29, 0.717) is 38.0 Å². The fourth-order valence-corrected chi connectivity index (χ4v) is 4.22. The molecule has 1 aliphatic rings. The number of hydrogen-bond acceptors (Lipinski definition) is 4. The minimum absolute atomic E-state index is 0.282. The summed E-state index contributed by atoms with van der Waals surface area (Å²) in [6.07, 6.45) is -1.03. The SMILES string of the molecule is O=C1NC(=O)c2c1c(-c1ccccc1Cl)cc1[nH]c3ccc(C(O)CO)cc3c21. The van der Waals surface area contributed by atoms with Crippen molar-refractivity contribution in [1.29, 1.82) is 0 Å². The van der Waals surface area contributed by atoms with Crippen molar-refractivity contribution < 1.29 is 19.8 Å². The normalized spacial score (nSPS) is 14.4. The van der Waals surface area contributed by atoms with Crippen molar-refractivity contribution in [3.63, 3.8) is 0 Å². The van der Waals surface area contributed by atoms with Gasteiger partial charge in [-0.05, 0) is 35.4 Å². The first kappa shape index (κ1) is 17.9. The summed E-state index contributed by atoms with van der Waals surface area (Å²) in [5.41, 5.74) is 3.74. The van der Waals surface area contributed by atoms with Gasteiger partial charge in [-0.3, -0.25) is 14.9 Å². The predicted octanol–water partition coefficient (Wildman–Crippen LogP) is 3.55. The number of halogens is 1. The molecule has 29 heavy (non-hydrogen) atoms. The fourth-order valence-electron chi connectivity index (χ4n) is 3.98. The Hall–Kier alpha value is -3.19. The van der Waals surface area contributed by atoms with Crippen molar-refractivity contribution in [3.8, 4) is 11.1 Å². The molecule has 2 heterocycles. The van der Waals surface area contributed by atoms with Gasteiger partial charge < -0.3 is 15.2 Å². The van der Waals surface area contributed by atoms with E-state index in [1.807, 2.05) is 12.1 Å². The van der Waals surface area contributed by atoms with Crippen LogP contribution in [0.3, 0.4) is 0 Å². The van der Waals surface area contributed by atoms with Crippen LogP contribution in [0.5, 0.6) is 0 Å². The lowest BCUT2D eigenvalue weighted by atomic mass is 9.92. The largest absolute Gasteiger partial charge is 0.393 e. The maximum Gasteiger partial charge on any atom is 0.259 e. The van der Waals surface area contributed by atoms with E-state index in [0.717, 1.165) is 5.52 Å². The Morgan fingerprint density at radius 2 is 1.69 bits per heavy atom. The van der Waals surface area contributed by atoms with Crippen molar-refractivity contribution in [2.24, 2.45) is 0 Å². The van der Waals surface area contributed by atoms with E-state index in [1.54, 1.807) is 36.4 Å². The average Bonchev–Trinajstić information content (AvgIpc) is 3.23. The molecule has 0 aliphatic carbocycles. The van der Waals surface area contributed by atoms with Gasteiger partial charge in [0, 0.05) is 32.4 Å². The summed E-state index contributed by atoms with van der Waals surface area (Å²) in [5.74, 6) is -0.944. The smallest absolute Gasteiger partial charge is 0.259 e. The zero-order valence-corrected chi connectivity index (χ0v) is 15.7. The Morgan fingerprint density at radius 1 is 0.931 bits per heavy atom. The summed E-state index contributed by atoms with van der Waals surface area (Å²) in [7, 11) is 0. The molecule has 0 fully saturated rings. The van der Waals surface area contributed by atoms with Crippen molar-refractivity contribution in [2.75, 3.05) is 6.61 Å². The number of carbonyl (C=O) groups excluding carboxylic acids is 2. The maximum absolute atomic E-state index is 12.7. The van der Waals surface area contributed by atoms with Crippen LogP contribution in [0.15, 0.2) is 48.5 Å². The summed E-state index contributed by atoms with van der Waals surface area (Å²) >= 11 is 6.37. The Bertz CT molecular complexity index is 1340. The van der Waals surface area contributed by atoms with Crippen LogP contribution in [0, 0.1) is 0 Å². The Labute approximate surface area is 169 Å². The summed E-state index contributed by atoms with van der Waals surface area (Å²) in [5, 5.41) is 23.4. The van der Waals surface area contributed by atoms with Gasteiger partial charge in [0.05, 0.1) is 17.7 Å². The van der Waals surface area contributed by atoms with Gasteiger partial charge in [-0.15, -0.1) is 0 Å². The number of aliphatic hydroxyl groups is 2. The van der Waals surface area contributed by atoms with E-state index in [9.17, 15) is 19.8 Å². The molecule has 0 bridgehead atoms. The van der Waals surface area contributed by atoms with E-state index in [2.05, 4.69) is 10.3 Å². The molecule has 0 saturated heterocycles. The molecule has 144 valence electrons. The average molecular weight is 407 g/mol. The van der Waals surface area contributed by atoms with Crippen LogP contribution >= 0.6 is 11.6 Å². The van der Waals surface area contributed by atoms with Crippen molar-refractivity contribution >= 4 is 45.2 Å². The quantitative estimate of drug-likeness (QED) is 0.391. The molecule has 1 aromatic heterocycles. The van der Waals surface area contributed by atoms with E-state index in [-0.39, 0.29) is 11.1 Å². The summed E-state index contributed by atoms with van der Waals surface area (Å²) in [6.45, 7) is -0.415. The minimum Gasteiger partial charge on any atom is -0.393 e. The highest BCUT2D eigenvalue weighted by molar-refractivity contribution is 6.36. The highest BCUT2D eigenvalue weighted by Crippen LogP contribution is 2.41. The third kappa shape index (κ3) is 2.57. The van der Waals surface area contributed by atoms with Crippen molar-refractivity contribution in [1.82, 2.24) is 10.3 Å². The molecule has 0 saturated carbocycles. The van der Waals surface area contributed by atoms with Gasteiger partial charge >= 0.3 is 0 Å². The number of hydrogen-bond donors (Lipinski definition) is 4. The van der Waals surface area contributed by atoms with Crippen LogP contribution < -0.4 is 5.32 Å². The number of fused-ring (bicyclic) bond motifs is 5. The van der Waals surface area contributed by atoms with Gasteiger partial charge in [0.2, 0.25) is 0 Å². The second-order valence-electron chi connectivity index (χ2n) is 6.99. The third-order valence-electron chi connectivity index (χ3n) is 5.31. The first-order valence-electron chi connectivity index (χ1n) is 9.01. The van der Waals surface area contributed by atoms with E-state index in [1.165, 1.54) is 0 Å². The molecular formula is C22H15ClN2O4. The molecule has 0 radical (unpaired) electrons. The number of amides is 2. The second-order valence-corrected chi connectivity index (χ2v) is 7.40. The number of benzene rings is 3. The number of aliphatic hydroxyl groups excluding tert-OH is 2. The summed E-state index contributed by atoms with van der Waals surface area (Å²) in [4.78, 5) is 28.6. The molecule has 6 nitrogen and oxygen atoms in total. The number of rotatable bonds is 3. The highest BCUT2D eigenvalue weighted by atomic mass is 35.5. The number of imide groups is 1. The van der Waals surface area contributed by atoms with Gasteiger partial charge in [0.1, 0.15) is 6.10 Å². The molecule has 2 amide bonds. The van der Waals surface area contributed by atoms with Crippen molar-refractivity contribution in [3.05, 3.63) is 70.2 Å². The molecule has 5 rings (SSSR count). The number of H-pyrrole nitrogens is 1. The first-order chi connectivity index (χ1) is 14.0. The van der Waals surface area contributed by atoms with E-state index >= 15 is 0 Å². The van der Waals surface area contributed by atoms with Gasteiger partial charge in [0.25, 0.3) is 11.8 Å². The number of aromatic nitrogens is 1. The second kappa shape index (κ2) is 6.42. The Balaban J connectivity index is 1.91. The molecule has 1 atom stereocenters. The molecule has 4 aromatic rings. The van der Waals surface area contributed by atoms with Crippen LogP contribution in [0.4, 0.5) is 0 Å². The zero-order valence-electron chi connectivity index (χ0n) is 15.0. The minimum atomic E-state index is -1.03. The van der Waals surface area contributed by atoms with Gasteiger partial charge in [-0.1, -0.05) is 35.9 Å². The van der Waals surface area contributed by atoms with E-state index in [4.69, 9.17) is 11.6 Å². The monoisotopic (exact) mass is 406 g/mol. The molecular weight excluding hydrogens is 392 g/mol. The molecule has 7 heteroatoms. The lowest BCUT2D eigenvalue weighted by molar-refractivity contribution is 0.0880. The first-order valence-corrected chi connectivity index (χ1v) is 9.39. The van der Waals surface area contributed by atoms with Crippen LogP contribution in [-0.2, 0) is 0 Å². The van der Waals surface area contributed by atoms with Crippen LogP contribution in [0.2, 0.25) is 5.02 Å². The van der Waals surface area contributed by atoms with Gasteiger partial charge in [0.15, 0.2) is 0 Å². The number of carbonyl (C=O) groups is 2. The Kier molecular flexibility index (Phi) is 3.96. The Morgan fingerprint density at radius 3 is 2.45 bits per heavy atom. The lowest BCUT2D eigenvalue weighted by Gasteiger charge is -2.10. The van der Waals surface area contributed by atoms with Crippen molar-refractivity contribution in [2.45, 2.75) is 6.10 Å². The number of nitrogens with one attached hydrogen (secondary N) is 2. The zero-order chi connectivity index (χ0) is 20.3.